The topological polar surface area (TPSA) is 52.6 Å². The number of hydrogen-bond acceptors (Lipinski definition) is 4. The van der Waals surface area contributed by atoms with Crippen molar-refractivity contribution in [2.75, 3.05) is 0 Å². The number of carbonyl (C=O) groups excluding carboxylic acids is 2. The van der Waals surface area contributed by atoms with E-state index in [-0.39, 0.29) is 0 Å². The molecule has 0 aromatic rings. The standard InChI is InChI=1S/C11H12BrIO4/c1-3-4-7(16-6(2)14)9-10(12)8(5-13)17-11(9)15/h5,7H,3-4H2,1-2H3/b8-5+/t7-/m1/s1. The van der Waals surface area contributed by atoms with Crippen LogP contribution in [-0.2, 0) is 19.1 Å². The van der Waals surface area contributed by atoms with Crippen LogP contribution in [0.1, 0.15) is 26.7 Å². The highest BCUT2D eigenvalue weighted by molar-refractivity contribution is 14.1. The molecule has 0 saturated heterocycles. The van der Waals surface area contributed by atoms with Crippen molar-refractivity contribution < 1.29 is 19.1 Å². The first-order valence-electron chi connectivity index (χ1n) is 5.11. The van der Waals surface area contributed by atoms with Crippen LogP contribution in [0.2, 0.25) is 0 Å². The van der Waals surface area contributed by atoms with Crippen LogP contribution in [0, 0.1) is 0 Å². The van der Waals surface area contributed by atoms with Crippen molar-refractivity contribution >= 4 is 50.5 Å². The number of halogens is 2. The Balaban J connectivity index is 3.04. The number of esters is 2. The average molecular weight is 415 g/mol. The Kier molecular flexibility index (Phi) is 5.64. The Morgan fingerprint density at radius 1 is 1.65 bits per heavy atom. The Hall–Kier alpha value is -0.370. The minimum Gasteiger partial charge on any atom is -0.457 e. The zero-order valence-corrected chi connectivity index (χ0v) is 13.2. The molecule has 0 N–H and O–H groups in total. The lowest BCUT2D eigenvalue weighted by Gasteiger charge is -2.15. The third-order valence-corrected chi connectivity index (χ3v) is 3.54. The van der Waals surface area contributed by atoms with E-state index in [9.17, 15) is 9.59 Å². The van der Waals surface area contributed by atoms with Crippen LogP contribution in [0.3, 0.4) is 0 Å². The fourth-order valence-corrected chi connectivity index (χ4v) is 2.97. The Morgan fingerprint density at radius 2 is 2.29 bits per heavy atom. The fraction of sp³-hybridized carbons (Fsp3) is 0.455. The summed E-state index contributed by atoms with van der Waals surface area (Å²) in [5.41, 5.74) is 0.380. The van der Waals surface area contributed by atoms with E-state index in [0.29, 0.717) is 22.2 Å². The van der Waals surface area contributed by atoms with E-state index in [4.69, 9.17) is 9.47 Å². The molecule has 0 amide bonds. The third kappa shape index (κ3) is 3.54. The lowest BCUT2D eigenvalue weighted by molar-refractivity contribution is -0.146. The molecule has 1 aliphatic heterocycles. The van der Waals surface area contributed by atoms with E-state index in [1.54, 1.807) is 4.08 Å². The van der Waals surface area contributed by atoms with Crippen molar-refractivity contribution in [1.29, 1.82) is 0 Å². The number of carbonyl (C=O) groups is 2. The van der Waals surface area contributed by atoms with Gasteiger partial charge in [-0.1, -0.05) is 13.3 Å². The maximum atomic E-state index is 11.7. The summed E-state index contributed by atoms with van der Waals surface area (Å²) in [6.45, 7) is 3.28. The summed E-state index contributed by atoms with van der Waals surface area (Å²) in [5.74, 6) is -0.408. The molecule has 4 nitrogen and oxygen atoms in total. The lowest BCUT2D eigenvalue weighted by atomic mass is 10.1. The molecule has 1 atom stereocenters. The summed E-state index contributed by atoms with van der Waals surface area (Å²) in [5, 5.41) is 0. The molecule has 0 unspecified atom stereocenters. The van der Waals surface area contributed by atoms with E-state index in [1.807, 2.05) is 29.5 Å². The number of ether oxygens (including phenoxy) is 2. The van der Waals surface area contributed by atoms with Gasteiger partial charge in [0, 0.05) is 11.0 Å². The van der Waals surface area contributed by atoms with Crippen molar-refractivity contribution in [3.8, 4) is 0 Å². The predicted molar refractivity (Wildman–Crippen MR) is 74.6 cm³/mol. The minimum absolute atomic E-state index is 0.380. The highest BCUT2D eigenvalue weighted by atomic mass is 127. The average Bonchev–Trinajstić information content (AvgIpc) is 2.52. The molecule has 0 bridgehead atoms. The van der Waals surface area contributed by atoms with E-state index in [2.05, 4.69) is 15.9 Å². The molecular weight excluding hydrogens is 403 g/mol. The van der Waals surface area contributed by atoms with Crippen molar-refractivity contribution in [3.05, 3.63) is 19.9 Å². The highest BCUT2D eigenvalue weighted by Gasteiger charge is 2.35. The molecule has 0 aromatic carbocycles. The number of hydrogen-bond donors (Lipinski definition) is 0. The first-order valence-corrected chi connectivity index (χ1v) is 7.14. The number of cyclic esters (lactones) is 1. The summed E-state index contributed by atoms with van der Waals surface area (Å²) in [7, 11) is 0. The lowest BCUT2D eigenvalue weighted by Crippen LogP contribution is -2.22. The Morgan fingerprint density at radius 3 is 2.71 bits per heavy atom. The Labute approximate surface area is 122 Å². The molecule has 0 spiro atoms. The third-order valence-electron chi connectivity index (χ3n) is 2.16. The summed E-state index contributed by atoms with van der Waals surface area (Å²) in [6, 6.07) is 0. The van der Waals surface area contributed by atoms with Crippen molar-refractivity contribution in [1.82, 2.24) is 0 Å². The van der Waals surface area contributed by atoms with Gasteiger partial charge in [-0.3, -0.25) is 4.79 Å². The van der Waals surface area contributed by atoms with Gasteiger partial charge in [0.05, 0.1) is 10.1 Å². The van der Waals surface area contributed by atoms with Gasteiger partial charge < -0.3 is 9.47 Å². The van der Waals surface area contributed by atoms with Gasteiger partial charge in [-0.25, -0.2) is 4.79 Å². The molecule has 0 aromatic heterocycles. The van der Waals surface area contributed by atoms with Crippen molar-refractivity contribution in [3.63, 3.8) is 0 Å². The summed E-state index contributed by atoms with van der Waals surface area (Å²) in [4.78, 5) is 22.7. The summed E-state index contributed by atoms with van der Waals surface area (Å²) < 4.78 is 12.4. The van der Waals surface area contributed by atoms with E-state index in [0.717, 1.165) is 6.42 Å². The highest BCUT2D eigenvalue weighted by Crippen LogP contribution is 2.35. The molecule has 1 aliphatic rings. The molecule has 0 aliphatic carbocycles. The molecule has 1 rings (SSSR count). The zero-order valence-electron chi connectivity index (χ0n) is 9.46. The summed E-state index contributed by atoms with van der Waals surface area (Å²) in [6.07, 6.45) is 0.847. The van der Waals surface area contributed by atoms with E-state index >= 15 is 0 Å². The molecule has 6 heteroatoms. The van der Waals surface area contributed by atoms with Crippen LogP contribution in [-0.4, -0.2) is 18.0 Å². The fourth-order valence-electron chi connectivity index (χ4n) is 1.49. The van der Waals surface area contributed by atoms with Crippen LogP contribution in [0.4, 0.5) is 0 Å². The molecule has 0 fully saturated rings. The smallest absolute Gasteiger partial charge is 0.344 e. The molecular formula is C11H12BrIO4. The van der Waals surface area contributed by atoms with Crippen LogP contribution in [0.15, 0.2) is 19.9 Å². The van der Waals surface area contributed by atoms with Gasteiger partial charge in [-0.05, 0) is 44.9 Å². The first-order chi connectivity index (χ1) is 8.01. The number of rotatable bonds is 4. The first kappa shape index (κ1) is 14.7. The molecule has 94 valence electrons. The van der Waals surface area contributed by atoms with Gasteiger partial charge in [-0.15, -0.1) is 0 Å². The van der Waals surface area contributed by atoms with Crippen molar-refractivity contribution in [2.24, 2.45) is 0 Å². The van der Waals surface area contributed by atoms with Gasteiger partial charge in [-0.2, -0.15) is 0 Å². The molecule has 17 heavy (non-hydrogen) atoms. The molecule has 0 radical (unpaired) electrons. The van der Waals surface area contributed by atoms with Crippen molar-refractivity contribution in [2.45, 2.75) is 32.8 Å². The van der Waals surface area contributed by atoms with Gasteiger partial charge in [0.25, 0.3) is 0 Å². The van der Waals surface area contributed by atoms with Crippen LogP contribution < -0.4 is 0 Å². The second-order valence-corrected chi connectivity index (χ2v) is 4.89. The number of allylic oxidation sites excluding steroid dienone is 1. The largest absolute Gasteiger partial charge is 0.457 e. The second-order valence-electron chi connectivity index (χ2n) is 3.48. The van der Waals surface area contributed by atoms with Crippen LogP contribution >= 0.6 is 38.5 Å². The van der Waals surface area contributed by atoms with Crippen LogP contribution in [0.5, 0.6) is 0 Å². The normalized spacial score (nSPS) is 19.5. The molecule has 1 heterocycles. The predicted octanol–water partition coefficient (Wildman–Crippen LogP) is 3.20. The monoisotopic (exact) mass is 414 g/mol. The maximum absolute atomic E-state index is 11.7. The zero-order chi connectivity index (χ0) is 13.0. The SMILES string of the molecule is CCC[C@@H](OC(C)=O)C1=C(Br)/C(=C\I)OC1=O. The molecule has 0 saturated carbocycles. The van der Waals surface area contributed by atoms with Gasteiger partial charge in [0.1, 0.15) is 6.10 Å². The van der Waals surface area contributed by atoms with E-state index in [1.165, 1.54) is 6.92 Å². The second kappa shape index (κ2) is 6.53. The minimum atomic E-state index is -0.548. The van der Waals surface area contributed by atoms with Gasteiger partial charge >= 0.3 is 11.9 Å². The quantitative estimate of drug-likeness (QED) is 0.523. The maximum Gasteiger partial charge on any atom is 0.344 e. The van der Waals surface area contributed by atoms with Crippen LogP contribution in [0.25, 0.3) is 0 Å². The van der Waals surface area contributed by atoms with Gasteiger partial charge in [0.2, 0.25) is 0 Å². The van der Waals surface area contributed by atoms with E-state index < -0.39 is 18.0 Å². The summed E-state index contributed by atoms with van der Waals surface area (Å²) >= 11 is 5.29. The Bertz CT molecular complexity index is 400. The van der Waals surface area contributed by atoms with Gasteiger partial charge in [0.15, 0.2) is 5.76 Å².